The Labute approximate surface area is 131 Å². The van der Waals surface area contributed by atoms with Gasteiger partial charge in [-0.2, -0.15) is 0 Å². The monoisotopic (exact) mass is 319 g/mol. The highest BCUT2D eigenvalue weighted by Crippen LogP contribution is 2.17. The Balaban J connectivity index is 0. The lowest BCUT2D eigenvalue weighted by Gasteiger charge is -2.28. The summed E-state index contributed by atoms with van der Waals surface area (Å²) in [4.78, 5) is 8.35. The molecule has 0 aromatic heterocycles. The molecule has 6 heteroatoms. The van der Waals surface area contributed by atoms with Gasteiger partial charge >= 0.3 is 8.80 Å². The molecule has 0 amide bonds. The van der Waals surface area contributed by atoms with E-state index in [-0.39, 0.29) is 0 Å². The molecule has 0 aromatic rings. The Morgan fingerprint density at radius 3 is 1.29 bits per heavy atom. The third-order valence-electron chi connectivity index (χ3n) is 2.89. The molecule has 0 rings (SSSR count). The average molecular weight is 320 g/mol. The van der Waals surface area contributed by atoms with E-state index in [0.29, 0.717) is 0 Å². The van der Waals surface area contributed by atoms with Gasteiger partial charge in [-0.05, 0) is 19.3 Å². The molecule has 0 radical (unpaired) electrons. The molecule has 0 heterocycles. The van der Waals surface area contributed by atoms with Crippen molar-refractivity contribution in [2.24, 2.45) is 0 Å². The first-order valence-corrected chi connectivity index (χ1v) is 10.0. The van der Waals surface area contributed by atoms with E-state index in [0.717, 1.165) is 70.5 Å². The molecule has 0 aliphatic heterocycles. The van der Waals surface area contributed by atoms with Crippen LogP contribution in [0.2, 0.25) is 6.04 Å². The van der Waals surface area contributed by atoms with Crippen LogP contribution in [0.3, 0.4) is 0 Å². The summed E-state index contributed by atoms with van der Waals surface area (Å²) in [6, 6.07) is 0.879. The third-order valence-corrected chi connectivity index (χ3v) is 5.69. The molecule has 0 aliphatic carbocycles. The molecule has 0 spiro atoms. The van der Waals surface area contributed by atoms with Crippen molar-refractivity contribution in [2.75, 3.05) is 19.8 Å². The number of hydrogen-bond donors (Lipinski definition) is 1. The van der Waals surface area contributed by atoms with Crippen LogP contribution in [0, 0.1) is 5.41 Å². The van der Waals surface area contributed by atoms with E-state index in [4.69, 9.17) is 23.5 Å². The molecule has 0 bridgehead atoms. The van der Waals surface area contributed by atoms with Crippen LogP contribution in [0.1, 0.15) is 66.2 Å². The van der Waals surface area contributed by atoms with Crippen molar-refractivity contribution >= 4 is 14.9 Å². The lowest BCUT2D eigenvalue weighted by atomic mass is 10.4. The number of unbranched alkanes of at least 4 members (excludes halogenated alkanes) is 3. The zero-order valence-electron chi connectivity index (χ0n) is 14.2. The fourth-order valence-electron chi connectivity index (χ4n) is 1.55. The molecule has 21 heavy (non-hydrogen) atoms. The molecule has 5 nitrogen and oxygen atoms in total. The highest BCUT2D eigenvalue weighted by atomic mass is 28.4. The summed E-state index contributed by atoms with van der Waals surface area (Å²) in [5.41, 5.74) is 0. The van der Waals surface area contributed by atoms with Gasteiger partial charge in [0, 0.05) is 25.9 Å². The van der Waals surface area contributed by atoms with E-state index in [1.165, 1.54) is 0 Å². The maximum Gasteiger partial charge on any atom is 0.500 e. The van der Waals surface area contributed by atoms with Crippen LogP contribution in [0.4, 0.5) is 0 Å². The molecule has 0 aromatic carbocycles. The third kappa shape index (κ3) is 14.2. The van der Waals surface area contributed by atoms with E-state index in [9.17, 15) is 0 Å². The smallest absolute Gasteiger partial charge is 0.373 e. The van der Waals surface area contributed by atoms with Gasteiger partial charge in [0.15, 0.2) is 0 Å². The Kier molecular flexibility index (Phi) is 19.0. The number of isocyanates is 1. The fourth-order valence-corrected chi connectivity index (χ4v) is 3.78. The van der Waals surface area contributed by atoms with Gasteiger partial charge in [0.05, 0.1) is 0 Å². The summed E-state index contributed by atoms with van der Waals surface area (Å²) in [5, 5.41) is 5.40. The second-order valence-corrected chi connectivity index (χ2v) is 7.68. The van der Waals surface area contributed by atoms with Crippen LogP contribution in [0.25, 0.3) is 0 Å². The normalized spacial score (nSPS) is 10.7. The maximum absolute atomic E-state index is 8.35. The molecule has 0 aliphatic rings. The Hall–Kier alpha value is -0.523. The Morgan fingerprint density at radius 1 is 0.810 bits per heavy atom. The molecule has 0 atom stereocenters. The topological polar surface area (TPSA) is 68.6 Å². The van der Waals surface area contributed by atoms with E-state index < -0.39 is 8.80 Å². The summed E-state index contributed by atoms with van der Waals surface area (Å²) < 4.78 is 18.0. The highest BCUT2D eigenvalue weighted by Gasteiger charge is 2.38. The van der Waals surface area contributed by atoms with Crippen molar-refractivity contribution in [2.45, 2.75) is 72.3 Å². The largest absolute Gasteiger partial charge is 0.500 e. The minimum Gasteiger partial charge on any atom is -0.373 e. The molecule has 0 fully saturated rings. The number of nitrogens with one attached hydrogen (secondary N) is 1. The van der Waals surface area contributed by atoms with Crippen LogP contribution in [-0.4, -0.2) is 34.7 Å². The standard InChI is InChI=1S/C14H32O3Si.CHNO/c1-5-9-12-15-18(8-4,16-13-10-6-2)17-14-11-7-3;2-1-3/h5-14H2,1-4H3;2H. The van der Waals surface area contributed by atoms with Gasteiger partial charge in [-0.15, -0.1) is 0 Å². The lowest BCUT2D eigenvalue weighted by Crippen LogP contribution is -2.46. The zero-order valence-corrected chi connectivity index (χ0v) is 15.2. The first-order chi connectivity index (χ1) is 10.2. The van der Waals surface area contributed by atoms with Gasteiger partial charge in [-0.25, -0.2) is 10.2 Å². The first kappa shape index (κ1) is 22.8. The van der Waals surface area contributed by atoms with Crippen molar-refractivity contribution in [1.82, 2.24) is 0 Å². The molecule has 1 N–H and O–H groups in total. The van der Waals surface area contributed by atoms with Crippen LogP contribution in [-0.2, 0) is 18.1 Å². The van der Waals surface area contributed by atoms with Crippen LogP contribution < -0.4 is 0 Å². The predicted molar refractivity (Wildman–Crippen MR) is 87.2 cm³/mol. The molecule has 0 saturated carbocycles. The fraction of sp³-hybridized carbons (Fsp3) is 0.933. The van der Waals surface area contributed by atoms with Gasteiger partial charge in [0.1, 0.15) is 0 Å². The molecule has 0 saturated heterocycles. The Bertz CT molecular complexity index is 219. The van der Waals surface area contributed by atoms with Gasteiger partial charge in [0.2, 0.25) is 6.08 Å². The second-order valence-electron chi connectivity index (χ2n) is 4.74. The van der Waals surface area contributed by atoms with E-state index in [1.54, 1.807) is 0 Å². The minimum atomic E-state index is -2.38. The quantitative estimate of drug-likeness (QED) is 0.238. The van der Waals surface area contributed by atoms with Crippen molar-refractivity contribution in [3.8, 4) is 0 Å². The second kappa shape index (κ2) is 17.5. The summed E-state index contributed by atoms with van der Waals surface area (Å²) in [6.07, 6.45) is 7.46. The summed E-state index contributed by atoms with van der Waals surface area (Å²) in [7, 11) is -2.38. The number of rotatable bonds is 13. The first-order valence-electron chi connectivity index (χ1n) is 8.11. The van der Waals surface area contributed by atoms with E-state index in [1.807, 2.05) is 0 Å². The summed E-state index contributed by atoms with van der Waals surface area (Å²) in [6.45, 7) is 11.0. The van der Waals surface area contributed by atoms with Gasteiger partial charge in [-0.1, -0.05) is 47.0 Å². The van der Waals surface area contributed by atoms with Crippen LogP contribution >= 0.6 is 0 Å². The maximum atomic E-state index is 8.35. The van der Waals surface area contributed by atoms with Crippen molar-refractivity contribution in [3.05, 3.63) is 0 Å². The van der Waals surface area contributed by atoms with E-state index >= 15 is 0 Å². The zero-order chi connectivity index (χ0) is 16.4. The number of hydrogen-bond acceptors (Lipinski definition) is 5. The Morgan fingerprint density at radius 2 is 1.10 bits per heavy atom. The SMILES string of the molecule is CCCCO[Si](CC)(OCCCC)OCCCC.N=C=O. The minimum absolute atomic E-state index is 0.750. The van der Waals surface area contributed by atoms with Crippen molar-refractivity contribution in [3.63, 3.8) is 0 Å². The van der Waals surface area contributed by atoms with Crippen LogP contribution in [0.15, 0.2) is 0 Å². The average Bonchev–Trinajstić information content (AvgIpc) is 2.48. The number of carbonyl (C=O) groups excluding carboxylic acids is 1. The molecule has 126 valence electrons. The highest BCUT2D eigenvalue weighted by molar-refractivity contribution is 6.60. The molecular formula is C15H33NO4Si. The van der Waals surface area contributed by atoms with Gasteiger partial charge < -0.3 is 13.3 Å². The van der Waals surface area contributed by atoms with E-state index in [2.05, 4.69) is 27.7 Å². The molecular weight excluding hydrogens is 286 g/mol. The molecule has 0 unspecified atom stereocenters. The van der Waals surface area contributed by atoms with Crippen molar-refractivity contribution < 1.29 is 18.1 Å². The van der Waals surface area contributed by atoms with Crippen LogP contribution in [0.5, 0.6) is 0 Å². The van der Waals surface area contributed by atoms with Gasteiger partial charge in [0.25, 0.3) is 0 Å². The predicted octanol–water partition coefficient (Wildman–Crippen LogP) is 4.30. The summed E-state index contributed by atoms with van der Waals surface area (Å²) in [5.74, 6) is 0. The van der Waals surface area contributed by atoms with Gasteiger partial charge in [-0.3, -0.25) is 0 Å². The summed E-state index contributed by atoms with van der Waals surface area (Å²) >= 11 is 0. The lowest BCUT2D eigenvalue weighted by molar-refractivity contribution is 0.0574. The van der Waals surface area contributed by atoms with Crippen molar-refractivity contribution in [1.29, 1.82) is 5.41 Å².